The molecule has 19 heavy (non-hydrogen) atoms. The number of ether oxygens (including phenoxy) is 1. The van der Waals surface area contributed by atoms with E-state index in [1.165, 1.54) is 25.1 Å². The van der Waals surface area contributed by atoms with E-state index in [1.807, 2.05) is 0 Å². The van der Waals surface area contributed by atoms with Gasteiger partial charge in [-0.15, -0.1) is 0 Å². The van der Waals surface area contributed by atoms with E-state index in [4.69, 9.17) is 27.8 Å². The molecule has 0 fully saturated rings. The highest BCUT2D eigenvalue weighted by Gasteiger charge is 2.21. The molecule has 0 aliphatic carbocycles. The first-order valence-electron chi connectivity index (χ1n) is 5.17. The lowest BCUT2D eigenvalue weighted by molar-refractivity contribution is -0.127. The average molecular weight is 286 g/mol. The number of amides is 3. The number of imide groups is 1. The zero-order valence-corrected chi connectivity index (χ0v) is 10.7. The highest BCUT2D eigenvalue weighted by molar-refractivity contribution is 6.31. The molecule has 0 aliphatic rings. The molecule has 1 rings (SSSR count). The lowest BCUT2D eigenvalue weighted by Gasteiger charge is -2.12. The molecule has 0 saturated carbocycles. The maximum absolute atomic E-state index is 11.7. The number of halogens is 1. The van der Waals surface area contributed by atoms with Crippen LogP contribution in [0.25, 0.3) is 0 Å². The Bertz CT molecular complexity index is 533. The van der Waals surface area contributed by atoms with Gasteiger partial charge in [0, 0.05) is 10.7 Å². The lowest BCUT2D eigenvalue weighted by Crippen LogP contribution is -2.42. The quantitative estimate of drug-likeness (QED) is 0.556. The van der Waals surface area contributed by atoms with Crippen LogP contribution in [-0.4, -0.2) is 24.0 Å². The van der Waals surface area contributed by atoms with E-state index in [0.717, 1.165) is 0 Å². The number of anilines is 1. The molecule has 0 unspecified atom stereocenters. The normalized spacial score (nSPS) is 11.5. The summed E-state index contributed by atoms with van der Waals surface area (Å²) in [4.78, 5) is 33.5. The standard InChI is InChI=1S/C11H12ClN3O4/c1-5(9(16)15-11(14)18)19-10(17)7-3-2-6(12)4-8(7)13/h2-5H,13H2,1H3,(H3,14,15,16,18)/t5-/m1/s1. The zero-order chi connectivity index (χ0) is 14.6. The maximum Gasteiger partial charge on any atom is 0.341 e. The molecule has 1 aromatic rings. The number of carbonyl (C=O) groups is 3. The molecule has 7 nitrogen and oxygen atoms in total. The molecule has 1 atom stereocenters. The number of hydrogen-bond acceptors (Lipinski definition) is 5. The van der Waals surface area contributed by atoms with Crippen molar-refractivity contribution in [2.75, 3.05) is 5.73 Å². The fraction of sp³-hybridized carbons (Fsp3) is 0.182. The van der Waals surface area contributed by atoms with E-state index in [2.05, 4.69) is 0 Å². The molecule has 0 bridgehead atoms. The Morgan fingerprint density at radius 2 is 2.00 bits per heavy atom. The van der Waals surface area contributed by atoms with Crippen molar-refractivity contribution in [1.29, 1.82) is 0 Å². The predicted molar refractivity (Wildman–Crippen MR) is 68.5 cm³/mol. The Kier molecular flexibility index (Phi) is 4.71. The van der Waals surface area contributed by atoms with Crippen LogP contribution in [0.2, 0.25) is 5.02 Å². The minimum atomic E-state index is -1.19. The van der Waals surface area contributed by atoms with Gasteiger partial charge < -0.3 is 16.2 Å². The monoisotopic (exact) mass is 285 g/mol. The van der Waals surface area contributed by atoms with Crippen LogP contribution in [0.4, 0.5) is 10.5 Å². The molecule has 5 N–H and O–H groups in total. The van der Waals surface area contributed by atoms with Gasteiger partial charge in [0.25, 0.3) is 5.91 Å². The Morgan fingerprint density at radius 1 is 1.37 bits per heavy atom. The second-order valence-corrected chi connectivity index (χ2v) is 4.07. The number of rotatable bonds is 3. The molecule has 0 aromatic heterocycles. The summed E-state index contributed by atoms with van der Waals surface area (Å²) < 4.78 is 4.84. The first-order chi connectivity index (χ1) is 8.81. The summed E-state index contributed by atoms with van der Waals surface area (Å²) in [6.07, 6.45) is -1.19. The van der Waals surface area contributed by atoms with Gasteiger partial charge in [0.2, 0.25) is 0 Å². The Hall–Kier alpha value is -2.28. The highest BCUT2D eigenvalue weighted by Crippen LogP contribution is 2.19. The summed E-state index contributed by atoms with van der Waals surface area (Å²) >= 11 is 5.69. The summed E-state index contributed by atoms with van der Waals surface area (Å²) in [7, 11) is 0. The average Bonchev–Trinajstić information content (AvgIpc) is 2.27. The number of esters is 1. The Balaban J connectivity index is 2.74. The molecule has 102 valence electrons. The summed E-state index contributed by atoms with van der Waals surface area (Å²) in [6, 6.07) is 3.19. The van der Waals surface area contributed by atoms with E-state index >= 15 is 0 Å². The first kappa shape index (κ1) is 14.8. The number of nitrogens with two attached hydrogens (primary N) is 2. The summed E-state index contributed by atoms with van der Waals surface area (Å²) in [5.74, 6) is -1.63. The van der Waals surface area contributed by atoms with Crippen molar-refractivity contribution in [2.24, 2.45) is 5.73 Å². The van der Waals surface area contributed by atoms with Gasteiger partial charge in [0.05, 0.1) is 5.56 Å². The van der Waals surface area contributed by atoms with Crippen molar-refractivity contribution in [1.82, 2.24) is 5.32 Å². The van der Waals surface area contributed by atoms with Crippen molar-refractivity contribution in [3.63, 3.8) is 0 Å². The van der Waals surface area contributed by atoms with Crippen molar-refractivity contribution in [3.05, 3.63) is 28.8 Å². The van der Waals surface area contributed by atoms with E-state index in [0.29, 0.717) is 5.02 Å². The van der Waals surface area contributed by atoms with Gasteiger partial charge in [-0.3, -0.25) is 10.1 Å². The number of hydrogen-bond donors (Lipinski definition) is 3. The number of benzene rings is 1. The fourth-order valence-corrected chi connectivity index (χ4v) is 1.40. The van der Waals surface area contributed by atoms with Crippen molar-refractivity contribution in [2.45, 2.75) is 13.0 Å². The second-order valence-electron chi connectivity index (χ2n) is 3.63. The highest BCUT2D eigenvalue weighted by atomic mass is 35.5. The van der Waals surface area contributed by atoms with Crippen molar-refractivity contribution >= 4 is 35.2 Å². The molecule has 0 aliphatic heterocycles. The minimum Gasteiger partial charge on any atom is -0.449 e. The van der Waals surface area contributed by atoms with Crippen LogP contribution in [0, 0.1) is 0 Å². The molecule has 1 aromatic carbocycles. The lowest BCUT2D eigenvalue weighted by atomic mass is 10.2. The maximum atomic E-state index is 11.7. The predicted octanol–water partition coefficient (Wildman–Crippen LogP) is 0.662. The van der Waals surface area contributed by atoms with Crippen LogP contribution >= 0.6 is 11.6 Å². The fourth-order valence-electron chi connectivity index (χ4n) is 1.22. The third-order valence-electron chi connectivity index (χ3n) is 2.13. The first-order valence-corrected chi connectivity index (χ1v) is 5.55. The number of nitrogen functional groups attached to an aromatic ring is 1. The van der Waals surface area contributed by atoms with Crippen LogP contribution in [0.3, 0.4) is 0 Å². The topological polar surface area (TPSA) is 125 Å². The van der Waals surface area contributed by atoms with Crippen molar-refractivity contribution < 1.29 is 19.1 Å². The van der Waals surface area contributed by atoms with Crippen molar-refractivity contribution in [3.8, 4) is 0 Å². The number of nitrogens with one attached hydrogen (secondary N) is 1. The molecular formula is C11H12ClN3O4. The summed E-state index contributed by atoms with van der Waals surface area (Å²) in [5, 5.41) is 2.16. The van der Waals surface area contributed by atoms with E-state index < -0.39 is 24.0 Å². The smallest absolute Gasteiger partial charge is 0.341 e. The number of carbonyl (C=O) groups excluding carboxylic acids is 3. The SMILES string of the molecule is C[C@@H](OC(=O)c1ccc(Cl)cc1N)C(=O)NC(N)=O. The minimum absolute atomic E-state index is 0.0723. The van der Waals surface area contributed by atoms with Crippen LogP contribution in [0.1, 0.15) is 17.3 Å². The van der Waals surface area contributed by atoms with Gasteiger partial charge in [0.1, 0.15) is 0 Å². The Morgan fingerprint density at radius 3 is 2.53 bits per heavy atom. The van der Waals surface area contributed by atoms with Gasteiger partial charge in [-0.2, -0.15) is 0 Å². The van der Waals surface area contributed by atoms with Gasteiger partial charge in [-0.05, 0) is 25.1 Å². The second kappa shape index (κ2) is 6.05. The van der Waals surface area contributed by atoms with E-state index in [1.54, 1.807) is 5.32 Å². The van der Waals surface area contributed by atoms with Crippen LogP contribution < -0.4 is 16.8 Å². The molecule has 0 heterocycles. The van der Waals surface area contributed by atoms with E-state index in [-0.39, 0.29) is 11.3 Å². The van der Waals surface area contributed by atoms with Gasteiger partial charge >= 0.3 is 12.0 Å². The third kappa shape index (κ3) is 4.14. The number of primary amides is 1. The third-order valence-corrected chi connectivity index (χ3v) is 2.37. The molecule has 0 radical (unpaired) electrons. The molecule has 3 amide bonds. The molecule has 8 heteroatoms. The van der Waals surface area contributed by atoms with Gasteiger partial charge in [0.15, 0.2) is 6.10 Å². The van der Waals surface area contributed by atoms with Crippen LogP contribution in [0.15, 0.2) is 18.2 Å². The molecule has 0 spiro atoms. The van der Waals surface area contributed by atoms with E-state index in [9.17, 15) is 14.4 Å². The Labute approximate surface area is 113 Å². The molecule has 0 saturated heterocycles. The summed E-state index contributed by atoms with van der Waals surface area (Å²) in [6.45, 7) is 1.29. The zero-order valence-electron chi connectivity index (χ0n) is 9.98. The largest absolute Gasteiger partial charge is 0.449 e. The molecular weight excluding hydrogens is 274 g/mol. The van der Waals surface area contributed by atoms with Crippen LogP contribution in [0.5, 0.6) is 0 Å². The van der Waals surface area contributed by atoms with Crippen LogP contribution in [-0.2, 0) is 9.53 Å². The summed E-state index contributed by atoms with van der Waals surface area (Å²) in [5.41, 5.74) is 10.6. The van der Waals surface area contributed by atoms with Gasteiger partial charge in [-0.25, -0.2) is 9.59 Å². The number of urea groups is 1. The van der Waals surface area contributed by atoms with Gasteiger partial charge in [-0.1, -0.05) is 11.6 Å².